The number of rotatable bonds is 1. The van der Waals surface area contributed by atoms with Crippen molar-refractivity contribution in [3.63, 3.8) is 0 Å². The Morgan fingerprint density at radius 3 is 2.86 bits per heavy atom. The van der Waals surface area contributed by atoms with Gasteiger partial charge in [-0.2, -0.15) is 0 Å². The molecular formula is C17H15N3O. The number of hydrogen-bond acceptors (Lipinski definition) is 2. The maximum Gasteiger partial charge on any atom is 0.255 e. The first-order chi connectivity index (χ1) is 10.3. The Kier molecular flexibility index (Phi) is 2.74. The summed E-state index contributed by atoms with van der Waals surface area (Å²) >= 11 is 0. The predicted octanol–water partition coefficient (Wildman–Crippen LogP) is 2.53. The van der Waals surface area contributed by atoms with Gasteiger partial charge in [0.15, 0.2) is 0 Å². The molecule has 4 heteroatoms. The molecular weight excluding hydrogens is 262 g/mol. The van der Waals surface area contributed by atoms with Crippen LogP contribution in [0.5, 0.6) is 0 Å². The molecule has 21 heavy (non-hydrogen) atoms. The summed E-state index contributed by atoms with van der Waals surface area (Å²) in [6.45, 7) is 1.47. The van der Waals surface area contributed by atoms with Crippen LogP contribution in [0.25, 0.3) is 5.65 Å². The highest BCUT2D eigenvalue weighted by molar-refractivity contribution is 5.94. The summed E-state index contributed by atoms with van der Waals surface area (Å²) < 4.78 is 1.88. The fourth-order valence-corrected chi connectivity index (χ4v) is 2.90. The van der Waals surface area contributed by atoms with E-state index in [1.807, 2.05) is 39.9 Å². The third-order valence-corrected chi connectivity index (χ3v) is 4.05. The van der Waals surface area contributed by atoms with Gasteiger partial charge >= 0.3 is 0 Å². The number of carbonyl (C=O) groups is 1. The highest BCUT2D eigenvalue weighted by Gasteiger charge is 2.21. The van der Waals surface area contributed by atoms with E-state index in [-0.39, 0.29) is 5.91 Å². The molecule has 0 radical (unpaired) electrons. The van der Waals surface area contributed by atoms with Crippen molar-refractivity contribution in [3.8, 4) is 0 Å². The number of imidazole rings is 1. The van der Waals surface area contributed by atoms with Crippen molar-refractivity contribution in [3.05, 3.63) is 71.7 Å². The zero-order valence-corrected chi connectivity index (χ0v) is 11.6. The Morgan fingerprint density at radius 2 is 1.95 bits per heavy atom. The second-order valence-electron chi connectivity index (χ2n) is 5.36. The van der Waals surface area contributed by atoms with E-state index in [9.17, 15) is 4.79 Å². The van der Waals surface area contributed by atoms with Gasteiger partial charge in [0.25, 0.3) is 5.91 Å². The van der Waals surface area contributed by atoms with Crippen LogP contribution in [0, 0.1) is 0 Å². The van der Waals surface area contributed by atoms with Crippen molar-refractivity contribution in [1.82, 2.24) is 14.3 Å². The predicted molar refractivity (Wildman–Crippen MR) is 80.1 cm³/mol. The topological polar surface area (TPSA) is 37.6 Å². The summed E-state index contributed by atoms with van der Waals surface area (Å²) in [5.41, 5.74) is 4.17. The molecule has 0 N–H and O–H groups in total. The van der Waals surface area contributed by atoms with Crippen LogP contribution in [0.4, 0.5) is 0 Å². The average Bonchev–Trinajstić information content (AvgIpc) is 3.01. The van der Waals surface area contributed by atoms with E-state index in [1.54, 1.807) is 6.20 Å². The van der Waals surface area contributed by atoms with Gasteiger partial charge in [0.2, 0.25) is 0 Å². The smallest absolute Gasteiger partial charge is 0.255 e. The summed E-state index contributed by atoms with van der Waals surface area (Å²) in [4.78, 5) is 18.8. The lowest BCUT2D eigenvalue weighted by atomic mass is 9.99. The lowest BCUT2D eigenvalue weighted by molar-refractivity contribution is 0.0734. The highest BCUT2D eigenvalue weighted by atomic mass is 16.2. The van der Waals surface area contributed by atoms with E-state index in [2.05, 4.69) is 23.2 Å². The molecule has 4 nitrogen and oxygen atoms in total. The Labute approximate surface area is 122 Å². The molecule has 2 aromatic heterocycles. The molecule has 1 amide bonds. The van der Waals surface area contributed by atoms with Crippen LogP contribution in [-0.2, 0) is 13.0 Å². The molecule has 3 aromatic rings. The van der Waals surface area contributed by atoms with Crippen molar-refractivity contribution >= 4 is 11.6 Å². The van der Waals surface area contributed by atoms with E-state index in [0.29, 0.717) is 12.1 Å². The first-order valence-corrected chi connectivity index (χ1v) is 7.10. The zero-order valence-electron chi connectivity index (χ0n) is 11.6. The average molecular weight is 277 g/mol. The van der Waals surface area contributed by atoms with Crippen molar-refractivity contribution in [2.75, 3.05) is 6.54 Å². The van der Waals surface area contributed by atoms with E-state index in [4.69, 9.17) is 0 Å². The molecule has 3 heterocycles. The van der Waals surface area contributed by atoms with Gasteiger partial charge in [-0.25, -0.2) is 4.98 Å². The number of fused-ring (bicyclic) bond motifs is 2. The minimum Gasteiger partial charge on any atom is -0.334 e. The van der Waals surface area contributed by atoms with Crippen LogP contribution < -0.4 is 0 Å². The molecule has 0 atom stereocenters. The Bertz CT molecular complexity index is 822. The fourth-order valence-electron chi connectivity index (χ4n) is 2.90. The van der Waals surface area contributed by atoms with Crippen LogP contribution >= 0.6 is 0 Å². The standard InChI is InChI=1S/C17H15N3O/c21-17(15-5-6-16-18-8-10-19(16)12-15)20-9-7-13-3-1-2-4-14(13)11-20/h1-6,8,10,12H,7,9,11H2. The first-order valence-electron chi connectivity index (χ1n) is 7.10. The van der Waals surface area contributed by atoms with Crippen LogP contribution in [-0.4, -0.2) is 26.7 Å². The lowest BCUT2D eigenvalue weighted by Gasteiger charge is -2.28. The molecule has 4 rings (SSSR count). The number of carbonyl (C=O) groups excluding carboxylic acids is 1. The quantitative estimate of drug-likeness (QED) is 0.685. The van der Waals surface area contributed by atoms with Gasteiger partial charge in [-0.05, 0) is 29.7 Å². The molecule has 1 aliphatic heterocycles. The minimum absolute atomic E-state index is 0.0834. The Hall–Kier alpha value is -2.62. The molecule has 0 saturated carbocycles. The summed E-state index contributed by atoms with van der Waals surface area (Å²) in [6.07, 6.45) is 6.37. The van der Waals surface area contributed by atoms with E-state index >= 15 is 0 Å². The third-order valence-electron chi connectivity index (χ3n) is 4.05. The summed E-state index contributed by atoms with van der Waals surface area (Å²) in [7, 11) is 0. The number of hydrogen-bond donors (Lipinski definition) is 0. The molecule has 0 fully saturated rings. The second-order valence-corrected chi connectivity index (χ2v) is 5.36. The summed E-state index contributed by atoms with van der Waals surface area (Å²) in [6, 6.07) is 12.1. The normalized spacial score (nSPS) is 14.2. The fraction of sp³-hybridized carbons (Fsp3) is 0.176. The molecule has 104 valence electrons. The van der Waals surface area contributed by atoms with Crippen molar-refractivity contribution in [2.24, 2.45) is 0 Å². The maximum absolute atomic E-state index is 12.7. The monoisotopic (exact) mass is 277 g/mol. The van der Waals surface area contributed by atoms with Crippen LogP contribution in [0.3, 0.4) is 0 Å². The molecule has 1 aliphatic rings. The zero-order chi connectivity index (χ0) is 14.2. The van der Waals surface area contributed by atoms with Crippen LogP contribution in [0.2, 0.25) is 0 Å². The van der Waals surface area contributed by atoms with Gasteiger partial charge in [-0.3, -0.25) is 4.79 Å². The molecule has 1 aromatic carbocycles. The number of nitrogens with zero attached hydrogens (tertiary/aromatic N) is 3. The largest absolute Gasteiger partial charge is 0.334 e. The van der Waals surface area contributed by atoms with Gasteiger partial charge in [0.05, 0.1) is 5.56 Å². The van der Waals surface area contributed by atoms with Crippen molar-refractivity contribution < 1.29 is 4.79 Å². The van der Waals surface area contributed by atoms with Gasteiger partial charge < -0.3 is 9.30 Å². The molecule has 0 spiro atoms. The highest BCUT2D eigenvalue weighted by Crippen LogP contribution is 2.20. The Morgan fingerprint density at radius 1 is 1.10 bits per heavy atom. The number of aromatic nitrogens is 2. The SMILES string of the molecule is O=C(c1ccc2nccn2c1)N1CCc2ccccc2C1. The van der Waals surface area contributed by atoms with Gasteiger partial charge in [-0.1, -0.05) is 24.3 Å². The number of benzene rings is 1. The molecule has 0 bridgehead atoms. The third kappa shape index (κ3) is 2.09. The molecule has 0 unspecified atom stereocenters. The molecule has 0 saturated heterocycles. The summed E-state index contributed by atoms with van der Waals surface area (Å²) in [5.74, 6) is 0.0834. The van der Waals surface area contributed by atoms with Crippen LogP contribution in [0.1, 0.15) is 21.5 Å². The minimum atomic E-state index is 0.0834. The first kappa shape index (κ1) is 12.1. The Balaban J connectivity index is 1.63. The van der Waals surface area contributed by atoms with Gasteiger partial charge in [0.1, 0.15) is 5.65 Å². The second kappa shape index (κ2) is 4.74. The summed E-state index contributed by atoms with van der Waals surface area (Å²) in [5, 5.41) is 0. The van der Waals surface area contributed by atoms with E-state index in [1.165, 1.54) is 11.1 Å². The lowest BCUT2D eigenvalue weighted by Crippen LogP contribution is -2.36. The van der Waals surface area contributed by atoms with E-state index < -0.39 is 0 Å². The number of amides is 1. The number of pyridine rings is 1. The van der Waals surface area contributed by atoms with Crippen molar-refractivity contribution in [2.45, 2.75) is 13.0 Å². The van der Waals surface area contributed by atoms with Crippen LogP contribution in [0.15, 0.2) is 55.0 Å². The van der Waals surface area contributed by atoms with E-state index in [0.717, 1.165) is 18.6 Å². The van der Waals surface area contributed by atoms with Gasteiger partial charge in [-0.15, -0.1) is 0 Å². The molecule has 0 aliphatic carbocycles. The van der Waals surface area contributed by atoms with Crippen molar-refractivity contribution in [1.29, 1.82) is 0 Å². The van der Waals surface area contributed by atoms with Gasteiger partial charge in [0, 0.05) is 31.7 Å². The maximum atomic E-state index is 12.7.